The molecule has 3 aromatic rings. The number of aliphatic hydroxyl groups excluding tert-OH is 1. The number of Topliss-reactive ketones (excluding diaryl/α,β-unsaturated/α-hetero) is 1. The maximum absolute atomic E-state index is 11.9. The molecule has 29 heavy (non-hydrogen) atoms. The first-order valence-electron chi connectivity index (χ1n) is 9.01. The number of carbonyl (C=O) groups is 2. The van der Waals surface area contributed by atoms with Crippen molar-refractivity contribution in [3.8, 4) is 11.5 Å². The predicted octanol–water partition coefficient (Wildman–Crippen LogP) is 3.55. The molecule has 0 saturated carbocycles. The van der Waals surface area contributed by atoms with Crippen LogP contribution < -0.4 is 14.8 Å². The van der Waals surface area contributed by atoms with Crippen molar-refractivity contribution < 1.29 is 28.6 Å². The summed E-state index contributed by atoms with van der Waals surface area (Å²) in [7, 11) is 0. The van der Waals surface area contributed by atoms with E-state index in [2.05, 4.69) is 5.32 Å². The van der Waals surface area contributed by atoms with E-state index in [-0.39, 0.29) is 30.7 Å². The van der Waals surface area contributed by atoms with Gasteiger partial charge in [-0.3, -0.25) is 9.59 Å². The lowest BCUT2D eigenvalue weighted by molar-refractivity contribution is 0.0626. The van der Waals surface area contributed by atoms with Gasteiger partial charge in [0.1, 0.15) is 30.8 Å². The third-order valence-corrected chi connectivity index (χ3v) is 4.00. The Morgan fingerprint density at radius 2 is 1.55 bits per heavy atom. The van der Waals surface area contributed by atoms with E-state index in [0.717, 1.165) is 0 Å². The van der Waals surface area contributed by atoms with E-state index in [1.54, 1.807) is 60.7 Å². The summed E-state index contributed by atoms with van der Waals surface area (Å²) in [5.74, 6) is 0.977. The van der Waals surface area contributed by atoms with Crippen LogP contribution in [0.5, 0.6) is 11.5 Å². The molecule has 1 unspecified atom stereocenters. The molecule has 7 heteroatoms. The molecule has 3 rings (SSSR count). The summed E-state index contributed by atoms with van der Waals surface area (Å²) in [6.45, 7) is 1.59. The third-order valence-electron chi connectivity index (χ3n) is 4.00. The molecule has 2 N–H and O–H groups in total. The van der Waals surface area contributed by atoms with Gasteiger partial charge in [0.15, 0.2) is 11.5 Å². The zero-order valence-corrected chi connectivity index (χ0v) is 15.8. The Labute approximate surface area is 167 Å². The van der Waals surface area contributed by atoms with Gasteiger partial charge < -0.3 is 24.3 Å². The first kappa shape index (κ1) is 20.2. The van der Waals surface area contributed by atoms with Crippen molar-refractivity contribution in [3.63, 3.8) is 0 Å². The Bertz CT molecular complexity index is 932. The number of furan rings is 1. The third kappa shape index (κ3) is 5.95. The maximum Gasteiger partial charge on any atom is 0.291 e. The van der Waals surface area contributed by atoms with Crippen molar-refractivity contribution in [2.45, 2.75) is 13.0 Å². The Balaban J connectivity index is 1.42. The molecular formula is C22H21NO6. The number of hydrogen-bond acceptors (Lipinski definition) is 6. The molecule has 1 heterocycles. The average molecular weight is 395 g/mol. The number of amides is 1. The normalized spacial score (nSPS) is 11.5. The number of anilines is 1. The summed E-state index contributed by atoms with van der Waals surface area (Å²) in [5, 5.41) is 12.7. The SMILES string of the molecule is CC(=O)c1ccc(OCC(O)COc2ccc(NC(=O)c3ccco3)cc2)cc1. The first-order chi connectivity index (χ1) is 14.0. The van der Waals surface area contributed by atoms with E-state index < -0.39 is 6.10 Å². The summed E-state index contributed by atoms with van der Waals surface area (Å²) in [6.07, 6.45) is 0.600. The monoisotopic (exact) mass is 395 g/mol. The van der Waals surface area contributed by atoms with Crippen LogP contribution >= 0.6 is 0 Å². The van der Waals surface area contributed by atoms with Crippen LogP contribution in [0, 0.1) is 0 Å². The molecule has 0 saturated heterocycles. The minimum absolute atomic E-state index is 0.0171. The zero-order valence-electron chi connectivity index (χ0n) is 15.8. The average Bonchev–Trinajstić information content (AvgIpc) is 3.27. The highest BCUT2D eigenvalue weighted by molar-refractivity contribution is 6.02. The fourth-order valence-corrected chi connectivity index (χ4v) is 2.45. The summed E-state index contributed by atoms with van der Waals surface area (Å²) >= 11 is 0. The number of aliphatic hydroxyl groups is 1. The van der Waals surface area contributed by atoms with Crippen molar-refractivity contribution in [2.75, 3.05) is 18.5 Å². The lowest BCUT2D eigenvalue weighted by atomic mass is 10.1. The van der Waals surface area contributed by atoms with E-state index in [0.29, 0.717) is 22.7 Å². The van der Waals surface area contributed by atoms with E-state index >= 15 is 0 Å². The number of hydrogen-bond donors (Lipinski definition) is 2. The quantitative estimate of drug-likeness (QED) is 0.538. The highest BCUT2D eigenvalue weighted by atomic mass is 16.5. The Morgan fingerprint density at radius 1 is 0.966 bits per heavy atom. The summed E-state index contributed by atoms with van der Waals surface area (Å²) in [6, 6.07) is 16.7. The Morgan fingerprint density at radius 3 is 2.07 bits per heavy atom. The molecule has 0 aliphatic rings. The minimum atomic E-state index is -0.833. The van der Waals surface area contributed by atoms with Crippen molar-refractivity contribution in [1.82, 2.24) is 0 Å². The Hall–Kier alpha value is -3.58. The van der Waals surface area contributed by atoms with Gasteiger partial charge in [0.25, 0.3) is 5.91 Å². The summed E-state index contributed by atoms with van der Waals surface area (Å²) < 4.78 is 16.1. The van der Waals surface area contributed by atoms with E-state index in [9.17, 15) is 14.7 Å². The van der Waals surface area contributed by atoms with Gasteiger partial charge in [-0.15, -0.1) is 0 Å². The van der Waals surface area contributed by atoms with Crippen molar-refractivity contribution in [2.24, 2.45) is 0 Å². The molecular weight excluding hydrogens is 374 g/mol. The number of ketones is 1. The van der Waals surface area contributed by atoms with Gasteiger partial charge in [0, 0.05) is 11.3 Å². The molecule has 2 aromatic carbocycles. The van der Waals surface area contributed by atoms with Crippen LogP contribution in [0.15, 0.2) is 71.3 Å². The van der Waals surface area contributed by atoms with E-state index in [1.165, 1.54) is 13.2 Å². The van der Waals surface area contributed by atoms with Gasteiger partial charge in [-0.05, 0) is 67.6 Å². The Kier molecular flexibility index (Phi) is 6.65. The lowest BCUT2D eigenvalue weighted by Gasteiger charge is -2.14. The van der Waals surface area contributed by atoms with Crippen LogP contribution in [0.3, 0.4) is 0 Å². The van der Waals surface area contributed by atoms with Gasteiger partial charge in [-0.2, -0.15) is 0 Å². The highest BCUT2D eigenvalue weighted by Crippen LogP contribution is 2.17. The fraction of sp³-hybridized carbons (Fsp3) is 0.182. The second kappa shape index (κ2) is 9.57. The molecule has 1 aromatic heterocycles. The van der Waals surface area contributed by atoms with Gasteiger partial charge >= 0.3 is 0 Å². The van der Waals surface area contributed by atoms with E-state index in [1.807, 2.05) is 0 Å². The van der Waals surface area contributed by atoms with Crippen LogP contribution in [0.4, 0.5) is 5.69 Å². The molecule has 1 atom stereocenters. The molecule has 1 amide bonds. The minimum Gasteiger partial charge on any atom is -0.491 e. The van der Waals surface area contributed by atoms with Crippen LogP contribution in [0.25, 0.3) is 0 Å². The van der Waals surface area contributed by atoms with Crippen LogP contribution in [-0.2, 0) is 0 Å². The summed E-state index contributed by atoms with van der Waals surface area (Å²) in [5.41, 5.74) is 1.20. The number of benzene rings is 2. The van der Waals surface area contributed by atoms with E-state index in [4.69, 9.17) is 13.9 Å². The summed E-state index contributed by atoms with van der Waals surface area (Å²) in [4.78, 5) is 23.2. The van der Waals surface area contributed by atoms with Gasteiger partial charge in [0.05, 0.1) is 6.26 Å². The van der Waals surface area contributed by atoms with Gasteiger partial charge in [-0.1, -0.05) is 0 Å². The fourth-order valence-electron chi connectivity index (χ4n) is 2.45. The molecule has 0 bridgehead atoms. The topological polar surface area (TPSA) is 98.0 Å². The molecule has 7 nitrogen and oxygen atoms in total. The van der Waals surface area contributed by atoms with Crippen LogP contribution in [0.1, 0.15) is 27.8 Å². The number of carbonyl (C=O) groups excluding carboxylic acids is 2. The second-order valence-corrected chi connectivity index (χ2v) is 6.31. The van der Waals surface area contributed by atoms with Gasteiger partial charge in [-0.25, -0.2) is 0 Å². The largest absolute Gasteiger partial charge is 0.491 e. The molecule has 150 valence electrons. The first-order valence-corrected chi connectivity index (χ1v) is 9.01. The molecule has 0 aliphatic heterocycles. The van der Waals surface area contributed by atoms with Gasteiger partial charge in [0.2, 0.25) is 0 Å². The number of nitrogens with one attached hydrogen (secondary N) is 1. The molecule has 0 aliphatic carbocycles. The zero-order chi connectivity index (χ0) is 20.6. The van der Waals surface area contributed by atoms with Crippen LogP contribution in [-0.4, -0.2) is 36.1 Å². The van der Waals surface area contributed by atoms with Crippen molar-refractivity contribution in [1.29, 1.82) is 0 Å². The van der Waals surface area contributed by atoms with Crippen molar-refractivity contribution >= 4 is 17.4 Å². The second-order valence-electron chi connectivity index (χ2n) is 6.31. The molecule has 0 fully saturated rings. The molecule has 0 radical (unpaired) electrons. The van der Waals surface area contributed by atoms with Crippen LogP contribution in [0.2, 0.25) is 0 Å². The smallest absolute Gasteiger partial charge is 0.291 e. The standard InChI is InChI=1S/C22H21NO6/c1-15(24)16-4-8-19(9-5-16)28-13-18(25)14-29-20-10-6-17(7-11-20)23-22(26)21-3-2-12-27-21/h2-12,18,25H,13-14H2,1H3,(H,23,26). The van der Waals surface area contributed by atoms with Crippen molar-refractivity contribution in [3.05, 3.63) is 78.3 Å². The highest BCUT2D eigenvalue weighted by Gasteiger charge is 2.10. The number of ether oxygens (including phenoxy) is 2. The lowest BCUT2D eigenvalue weighted by Crippen LogP contribution is -2.25. The predicted molar refractivity (Wildman–Crippen MR) is 107 cm³/mol. The molecule has 0 spiro atoms. The number of rotatable bonds is 9. The maximum atomic E-state index is 11.9.